The number of hydrogen-bond acceptors (Lipinski definition) is 2. The van der Waals surface area contributed by atoms with Crippen LogP contribution in [0.4, 0.5) is 0 Å². The molecule has 0 aliphatic carbocycles. The van der Waals surface area contributed by atoms with Crippen molar-refractivity contribution in [1.29, 1.82) is 0 Å². The van der Waals surface area contributed by atoms with Gasteiger partial charge in [-0.05, 0) is 30.3 Å². The zero-order chi connectivity index (χ0) is 18.0. The molecule has 2 N–H and O–H groups in total. The Hall–Kier alpha value is -2.82. The largest absolute Gasteiger partial charge is 0.354 e. The van der Waals surface area contributed by atoms with Crippen LogP contribution in [0.25, 0.3) is 43.6 Å². The van der Waals surface area contributed by atoms with Crippen LogP contribution in [0.3, 0.4) is 0 Å². The Kier molecular flexibility index (Phi) is 3.17. The van der Waals surface area contributed by atoms with Crippen molar-refractivity contribution in [2.24, 2.45) is 0 Å². The van der Waals surface area contributed by atoms with Gasteiger partial charge in [0.2, 0.25) is 0 Å². The molecule has 26 heavy (non-hydrogen) atoms. The number of aromatic amines is 2. The fourth-order valence-electron chi connectivity index (χ4n) is 3.45. The van der Waals surface area contributed by atoms with Crippen LogP contribution < -0.4 is 10.9 Å². The molecule has 5 rings (SSSR count). The SMILES string of the molecule is O=c1c2cccc(Cl)c2[nH]c2c(Cl)c3c(=O)c4ccccc4[nH]c3cc12. The molecular weight excluding hydrogens is 371 g/mol. The standard InChI is InChI=1S/C20H10Cl2N2O2/c21-12-6-3-5-10-17(12)24-18-11(19(10)25)8-14-15(16(18)22)20(26)9-4-1-2-7-13(9)23-14/h1-8H,(H,23,26)(H,24,25). The summed E-state index contributed by atoms with van der Waals surface area (Å²) in [6.45, 7) is 0. The summed E-state index contributed by atoms with van der Waals surface area (Å²) in [6.07, 6.45) is 0. The van der Waals surface area contributed by atoms with Gasteiger partial charge < -0.3 is 9.97 Å². The second kappa shape index (κ2) is 5.34. The number of pyridine rings is 2. The van der Waals surface area contributed by atoms with Crippen molar-refractivity contribution in [3.63, 3.8) is 0 Å². The molecule has 126 valence electrons. The van der Waals surface area contributed by atoms with Crippen molar-refractivity contribution in [1.82, 2.24) is 9.97 Å². The lowest BCUT2D eigenvalue weighted by Gasteiger charge is -2.09. The first-order chi connectivity index (χ1) is 12.6. The highest BCUT2D eigenvalue weighted by Gasteiger charge is 2.16. The molecule has 0 aliphatic rings. The zero-order valence-electron chi connectivity index (χ0n) is 13.2. The molecule has 0 amide bonds. The third-order valence-corrected chi connectivity index (χ3v) is 5.38. The monoisotopic (exact) mass is 380 g/mol. The van der Waals surface area contributed by atoms with Crippen molar-refractivity contribution in [3.8, 4) is 0 Å². The number of nitrogens with one attached hydrogen (secondary N) is 2. The van der Waals surface area contributed by atoms with Crippen LogP contribution in [0.15, 0.2) is 58.1 Å². The summed E-state index contributed by atoms with van der Waals surface area (Å²) in [5.41, 5.74) is 1.77. The number of rotatable bonds is 0. The molecule has 0 saturated carbocycles. The fourth-order valence-corrected chi connectivity index (χ4v) is 4.01. The maximum Gasteiger partial charge on any atom is 0.198 e. The number of aromatic nitrogens is 2. The van der Waals surface area contributed by atoms with E-state index in [4.69, 9.17) is 23.2 Å². The molecular formula is C20H10Cl2N2O2. The highest BCUT2D eigenvalue weighted by molar-refractivity contribution is 6.41. The molecule has 3 aromatic carbocycles. The zero-order valence-corrected chi connectivity index (χ0v) is 14.7. The molecule has 0 bridgehead atoms. The lowest BCUT2D eigenvalue weighted by molar-refractivity contribution is 1.46. The lowest BCUT2D eigenvalue weighted by atomic mass is 10.1. The van der Waals surface area contributed by atoms with E-state index in [1.165, 1.54) is 0 Å². The van der Waals surface area contributed by atoms with Gasteiger partial charge in [-0.1, -0.05) is 41.4 Å². The molecule has 0 radical (unpaired) electrons. The van der Waals surface area contributed by atoms with E-state index in [1.807, 2.05) is 12.1 Å². The summed E-state index contributed by atoms with van der Waals surface area (Å²) in [5.74, 6) is 0. The lowest BCUT2D eigenvalue weighted by Crippen LogP contribution is -2.09. The number of para-hydroxylation sites is 2. The van der Waals surface area contributed by atoms with Gasteiger partial charge >= 0.3 is 0 Å². The molecule has 6 heteroatoms. The summed E-state index contributed by atoms with van der Waals surface area (Å²) in [5, 5.41) is 2.41. The fraction of sp³-hybridized carbons (Fsp3) is 0. The first-order valence-corrected chi connectivity index (χ1v) is 8.69. The van der Waals surface area contributed by atoms with E-state index in [0.29, 0.717) is 48.6 Å². The molecule has 0 fully saturated rings. The van der Waals surface area contributed by atoms with Gasteiger partial charge in [0.1, 0.15) is 0 Å². The molecule has 4 nitrogen and oxygen atoms in total. The summed E-state index contributed by atoms with van der Waals surface area (Å²) in [6, 6.07) is 14.0. The van der Waals surface area contributed by atoms with E-state index in [1.54, 1.807) is 36.4 Å². The van der Waals surface area contributed by atoms with Crippen molar-refractivity contribution < 1.29 is 0 Å². The van der Waals surface area contributed by atoms with Crippen LogP contribution in [-0.4, -0.2) is 9.97 Å². The topological polar surface area (TPSA) is 65.7 Å². The van der Waals surface area contributed by atoms with E-state index in [9.17, 15) is 9.59 Å². The first-order valence-electron chi connectivity index (χ1n) is 7.93. The third kappa shape index (κ3) is 1.97. The van der Waals surface area contributed by atoms with Crippen LogP contribution in [0.1, 0.15) is 0 Å². The van der Waals surface area contributed by atoms with Crippen molar-refractivity contribution in [2.75, 3.05) is 0 Å². The van der Waals surface area contributed by atoms with Crippen LogP contribution in [0, 0.1) is 0 Å². The Balaban J connectivity index is 2.10. The first kappa shape index (κ1) is 15.4. The van der Waals surface area contributed by atoms with E-state index in [-0.39, 0.29) is 15.9 Å². The summed E-state index contributed by atoms with van der Waals surface area (Å²) >= 11 is 12.8. The predicted octanol–water partition coefficient (Wildman–Crippen LogP) is 4.98. The third-order valence-electron chi connectivity index (χ3n) is 4.69. The second-order valence-electron chi connectivity index (χ2n) is 6.15. The van der Waals surface area contributed by atoms with Gasteiger partial charge in [-0.3, -0.25) is 9.59 Å². The maximum absolute atomic E-state index is 13.0. The van der Waals surface area contributed by atoms with Gasteiger partial charge in [-0.25, -0.2) is 0 Å². The van der Waals surface area contributed by atoms with E-state index < -0.39 is 0 Å². The Bertz CT molecular complexity index is 1500. The Morgan fingerprint density at radius 3 is 2.31 bits per heavy atom. The van der Waals surface area contributed by atoms with Crippen LogP contribution >= 0.6 is 23.2 Å². The van der Waals surface area contributed by atoms with Crippen LogP contribution in [-0.2, 0) is 0 Å². The van der Waals surface area contributed by atoms with Crippen molar-refractivity contribution >= 4 is 66.8 Å². The smallest absolute Gasteiger partial charge is 0.198 e. The molecule has 0 unspecified atom stereocenters. The summed E-state index contributed by atoms with van der Waals surface area (Å²) in [7, 11) is 0. The number of fused-ring (bicyclic) bond motifs is 4. The number of hydrogen-bond donors (Lipinski definition) is 2. The highest BCUT2D eigenvalue weighted by atomic mass is 35.5. The van der Waals surface area contributed by atoms with Crippen molar-refractivity contribution in [2.45, 2.75) is 0 Å². The molecule has 0 saturated heterocycles. The Morgan fingerprint density at radius 1 is 0.692 bits per heavy atom. The average molecular weight is 381 g/mol. The molecule has 5 aromatic rings. The minimum absolute atomic E-state index is 0.179. The minimum atomic E-state index is -0.186. The quantitative estimate of drug-likeness (QED) is 0.372. The van der Waals surface area contributed by atoms with Crippen molar-refractivity contribution in [3.05, 3.63) is 79.0 Å². The normalized spacial score (nSPS) is 11.8. The van der Waals surface area contributed by atoms with E-state index >= 15 is 0 Å². The summed E-state index contributed by atoms with van der Waals surface area (Å²) < 4.78 is 0. The van der Waals surface area contributed by atoms with Gasteiger partial charge in [-0.15, -0.1) is 0 Å². The maximum atomic E-state index is 13.0. The van der Waals surface area contributed by atoms with E-state index in [2.05, 4.69) is 9.97 Å². The number of H-pyrrole nitrogens is 2. The van der Waals surface area contributed by atoms with Gasteiger partial charge in [0, 0.05) is 21.7 Å². The molecule has 0 atom stereocenters. The second-order valence-corrected chi connectivity index (χ2v) is 6.94. The van der Waals surface area contributed by atoms with Gasteiger partial charge in [0.15, 0.2) is 10.9 Å². The molecule has 2 aromatic heterocycles. The molecule has 2 heterocycles. The van der Waals surface area contributed by atoms with Crippen LogP contribution in [0.5, 0.6) is 0 Å². The Morgan fingerprint density at radius 2 is 1.46 bits per heavy atom. The van der Waals surface area contributed by atoms with E-state index in [0.717, 1.165) is 0 Å². The molecule has 0 aliphatic heterocycles. The number of benzene rings is 3. The predicted molar refractivity (Wildman–Crippen MR) is 108 cm³/mol. The van der Waals surface area contributed by atoms with Gasteiger partial charge in [-0.2, -0.15) is 0 Å². The van der Waals surface area contributed by atoms with Gasteiger partial charge in [0.05, 0.1) is 32.0 Å². The Labute approximate surface area is 156 Å². The molecule has 0 spiro atoms. The minimum Gasteiger partial charge on any atom is -0.354 e. The highest BCUT2D eigenvalue weighted by Crippen LogP contribution is 2.31. The summed E-state index contributed by atoms with van der Waals surface area (Å²) in [4.78, 5) is 32.2. The van der Waals surface area contributed by atoms with Crippen LogP contribution in [0.2, 0.25) is 10.0 Å². The average Bonchev–Trinajstić information content (AvgIpc) is 2.64. The number of halogens is 2. The van der Waals surface area contributed by atoms with Gasteiger partial charge in [0.25, 0.3) is 0 Å².